The van der Waals surface area contributed by atoms with E-state index in [0.717, 1.165) is 0 Å². The SMILES string of the molecule is CONC(=O)c1cccc(S(=O)(=O)Nc2cc(Cl)ccc2OC)c1. The summed E-state index contributed by atoms with van der Waals surface area (Å²) < 4.78 is 32.6. The van der Waals surface area contributed by atoms with Crippen LogP contribution in [0.4, 0.5) is 5.69 Å². The molecule has 0 saturated heterocycles. The van der Waals surface area contributed by atoms with Crippen LogP contribution in [0.25, 0.3) is 0 Å². The molecule has 0 unspecified atom stereocenters. The van der Waals surface area contributed by atoms with Crippen LogP contribution in [0.15, 0.2) is 47.4 Å². The van der Waals surface area contributed by atoms with Gasteiger partial charge < -0.3 is 4.74 Å². The smallest absolute Gasteiger partial charge is 0.274 e. The van der Waals surface area contributed by atoms with E-state index < -0.39 is 15.9 Å². The molecule has 0 atom stereocenters. The van der Waals surface area contributed by atoms with Crippen LogP contribution in [0, 0.1) is 0 Å². The minimum atomic E-state index is -3.94. The van der Waals surface area contributed by atoms with E-state index in [-0.39, 0.29) is 16.1 Å². The van der Waals surface area contributed by atoms with Gasteiger partial charge in [-0.05, 0) is 36.4 Å². The van der Waals surface area contributed by atoms with Crippen molar-refractivity contribution in [1.82, 2.24) is 5.48 Å². The number of anilines is 1. The molecule has 9 heteroatoms. The molecule has 2 N–H and O–H groups in total. The summed E-state index contributed by atoms with van der Waals surface area (Å²) in [6.07, 6.45) is 0. The first kappa shape index (κ1) is 18.1. The number of rotatable bonds is 6. The molecule has 2 aromatic rings. The van der Waals surface area contributed by atoms with E-state index in [1.807, 2.05) is 0 Å². The quantitative estimate of drug-likeness (QED) is 0.762. The molecule has 0 fully saturated rings. The summed E-state index contributed by atoms with van der Waals surface area (Å²) in [5.74, 6) is -0.244. The Bertz CT molecular complexity index is 855. The minimum absolute atomic E-state index is 0.0896. The molecule has 0 spiro atoms. The molecule has 0 saturated carbocycles. The van der Waals surface area contributed by atoms with Crippen LogP contribution in [-0.2, 0) is 14.9 Å². The predicted molar refractivity (Wildman–Crippen MR) is 89.7 cm³/mol. The Morgan fingerprint density at radius 3 is 2.54 bits per heavy atom. The summed E-state index contributed by atoms with van der Waals surface area (Å²) in [6.45, 7) is 0. The second-order valence-electron chi connectivity index (χ2n) is 4.61. The molecule has 0 aliphatic carbocycles. The lowest BCUT2D eigenvalue weighted by Gasteiger charge is -2.12. The number of hydroxylamine groups is 1. The average Bonchev–Trinajstić information content (AvgIpc) is 2.55. The maximum absolute atomic E-state index is 12.5. The monoisotopic (exact) mass is 370 g/mol. The van der Waals surface area contributed by atoms with Crippen molar-refractivity contribution in [1.29, 1.82) is 0 Å². The molecule has 0 bridgehead atoms. The van der Waals surface area contributed by atoms with Gasteiger partial charge in [0.2, 0.25) is 0 Å². The van der Waals surface area contributed by atoms with Crippen molar-refractivity contribution < 1.29 is 22.8 Å². The van der Waals surface area contributed by atoms with Crippen molar-refractivity contribution >= 4 is 33.2 Å². The van der Waals surface area contributed by atoms with Gasteiger partial charge in [0.15, 0.2) is 0 Å². The highest BCUT2D eigenvalue weighted by molar-refractivity contribution is 7.92. The first-order chi connectivity index (χ1) is 11.4. The van der Waals surface area contributed by atoms with Gasteiger partial charge in [-0.2, -0.15) is 0 Å². The molecule has 0 heterocycles. The van der Waals surface area contributed by atoms with Crippen LogP contribution in [0.3, 0.4) is 0 Å². The topological polar surface area (TPSA) is 93.7 Å². The van der Waals surface area contributed by atoms with Gasteiger partial charge in [0.05, 0.1) is 24.8 Å². The summed E-state index contributed by atoms with van der Waals surface area (Å²) in [5, 5.41) is 0.349. The fourth-order valence-electron chi connectivity index (χ4n) is 1.92. The molecule has 128 valence electrons. The van der Waals surface area contributed by atoms with Crippen molar-refractivity contribution in [3.63, 3.8) is 0 Å². The summed E-state index contributed by atoms with van der Waals surface area (Å²) in [5.41, 5.74) is 2.45. The number of carbonyl (C=O) groups excluding carboxylic acids is 1. The van der Waals surface area contributed by atoms with Gasteiger partial charge in [-0.15, -0.1) is 0 Å². The minimum Gasteiger partial charge on any atom is -0.495 e. The Kier molecular flexibility index (Phi) is 5.66. The van der Waals surface area contributed by atoms with Gasteiger partial charge in [0.25, 0.3) is 15.9 Å². The molecule has 0 radical (unpaired) electrons. The lowest BCUT2D eigenvalue weighted by Crippen LogP contribution is -2.22. The highest BCUT2D eigenvalue weighted by Gasteiger charge is 2.18. The summed E-state index contributed by atoms with van der Waals surface area (Å²) in [4.78, 5) is 16.2. The molecule has 0 aliphatic heterocycles. The number of halogens is 1. The maximum atomic E-state index is 12.5. The highest BCUT2D eigenvalue weighted by atomic mass is 35.5. The largest absolute Gasteiger partial charge is 0.495 e. The van der Waals surface area contributed by atoms with E-state index in [4.69, 9.17) is 16.3 Å². The molecule has 7 nitrogen and oxygen atoms in total. The van der Waals surface area contributed by atoms with Gasteiger partial charge in [-0.25, -0.2) is 13.9 Å². The zero-order valence-corrected chi connectivity index (χ0v) is 14.4. The zero-order valence-electron chi connectivity index (χ0n) is 12.9. The normalized spacial score (nSPS) is 11.0. The third kappa shape index (κ3) is 4.16. The van der Waals surface area contributed by atoms with Crippen LogP contribution >= 0.6 is 11.6 Å². The Labute approximate surface area is 144 Å². The lowest BCUT2D eigenvalue weighted by molar-refractivity contribution is 0.0537. The van der Waals surface area contributed by atoms with Gasteiger partial charge >= 0.3 is 0 Å². The van der Waals surface area contributed by atoms with E-state index in [0.29, 0.717) is 10.8 Å². The van der Waals surface area contributed by atoms with Crippen LogP contribution in [0.2, 0.25) is 5.02 Å². The van der Waals surface area contributed by atoms with Gasteiger partial charge in [-0.3, -0.25) is 14.4 Å². The number of hydrogen-bond donors (Lipinski definition) is 2. The highest BCUT2D eigenvalue weighted by Crippen LogP contribution is 2.29. The lowest BCUT2D eigenvalue weighted by atomic mass is 10.2. The van der Waals surface area contributed by atoms with E-state index >= 15 is 0 Å². The van der Waals surface area contributed by atoms with Crippen LogP contribution in [0.1, 0.15) is 10.4 Å². The number of hydrogen-bond acceptors (Lipinski definition) is 5. The molecule has 2 rings (SSSR count). The third-order valence-corrected chi connectivity index (χ3v) is 4.61. The molecule has 24 heavy (non-hydrogen) atoms. The number of ether oxygens (including phenoxy) is 1. The molecule has 0 aliphatic rings. The van der Waals surface area contributed by atoms with Crippen molar-refractivity contribution in [2.45, 2.75) is 4.90 Å². The fraction of sp³-hybridized carbons (Fsp3) is 0.133. The van der Waals surface area contributed by atoms with Crippen molar-refractivity contribution in [2.24, 2.45) is 0 Å². The van der Waals surface area contributed by atoms with E-state index in [2.05, 4.69) is 15.0 Å². The number of methoxy groups -OCH3 is 1. The maximum Gasteiger partial charge on any atom is 0.274 e. The standard InChI is InChI=1S/C15H15ClN2O5S/c1-22-14-7-6-11(16)9-13(14)18-24(20,21)12-5-3-4-10(8-12)15(19)17-23-2/h3-9,18H,1-2H3,(H,17,19). The predicted octanol–water partition coefficient (Wildman–Crippen LogP) is 2.44. The average molecular weight is 371 g/mol. The number of benzene rings is 2. The van der Waals surface area contributed by atoms with Crippen LogP contribution in [0.5, 0.6) is 5.75 Å². The molecular formula is C15H15ClN2O5S. The second kappa shape index (κ2) is 7.52. The summed E-state index contributed by atoms with van der Waals surface area (Å²) in [7, 11) is -1.25. The second-order valence-corrected chi connectivity index (χ2v) is 6.73. The zero-order chi connectivity index (χ0) is 17.7. The van der Waals surface area contributed by atoms with E-state index in [1.165, 1.54) is 44.6 Å². The molecule has 1 amide bonds. The molecule has 2 aromatic carbocycles. The van der Waals surface area contributed by atoms with Crippen molar-refractivity contribution in [3.8, 4) is 5.75 Å². The van der Waals surface area contributed by atoms with Gasteiger partial charge in [0, 0.05) is 10.6 Å². The summed E-state index contributed by atoms with van der Waals surface area (Å²) >= 11 is 5.89. The van der Waals surface area contributed by atoms with Crippen molar-refractivity contribution in [2.75, 3.05) is 18.9 Å². The number of nitrogens with one attached hydrogen (secondary N) is 2. The Balaban J connectivity index is 2.36. The molecule has 0 aromatic heterocycles. The Morgan fingerprint density at radius 1 is 1.12 bits per heavy atom. The van der Waals surface area contributed by atoms with E-state index in [1.54, 1.807) is 12.1 Å². The fourth-order valence-corrected chi connectivity index (χ4v) is 3.20. The first-order valence-corrected chi connectivity index (χ1v) is 8.53. The van der Waals surface area contributed by atoms with Gasteiger partial charge in [-0.1, -0.05) is 17.7 Å². The van der Waals surface area contributed by atoms with Gasteiger partial charge in [0.1, 0.15) is 5.75 Å². The van der Waals surface area contributed by atoms with E-state index in [9.17, 15) is 13.2 Å². The number of amides is 1. The Morgan fingerprint density at radius 2 is 1.88 bits per heavy atom. The van der Waals surface area contributed by atoms with Crippen LogP contribution < -0.4 is 14.9 Å². The van der Waals surface area contributed by atoms with Crippen molar-refractivity contribution in [3.05, 3.63) is 53.1 Å². The third-order valence-electron chi connectivity index (χ3n) is 3.01. The first-order valence-electron chi connectivity index (χ1n) is 6.67. The number of sulfonamides is 1. The Hall–Kier alpha value is -2.29. The number of carbonyl (C=O) groups is 1. The van der Waals surface area contributed by atoms with Crippen LogP contribution in [-0.4, -0.2) is 28.5 Å². The summed E-state index contributed by atoms with van der Waals surface area (Å²) in [6, 6.07) is 10.1. The molecular weight excluding hydrogens is 356 g/mol.